The molecule has 0 N–H and O–H groups in total. The van der Waals surface area contributed by atoms with Crippen LogP contribution in [-0.2, 0) is 4.79 Å². The monoisotopic (exact) mass is 206 g/mol. The van der Waals surface area contributed by atoms with Crippen LogP contribution < -0.4 is 0 Å². The number of unbranched alkanes of at least 4 members (excludes halogenated alkanes) is 1. The van der Waals surface area contributed by atoms with Crippen molar-refractivity contribution < 1.29 is 4.79 Å². The maximum Gasteiger partial charge on any atom is 0.222 e. The summed E-state index contributed by atoms with van der Waals surface area (Å²) >= 11 is 0. The summed E-state index contributed by atoms with van der Waals surface area (Å²) in [5.74, 6) is 0.297. The summed E-state index contributed by atoms with van der Waals surface area (Å²) in [4.78, 5) is 18.2. The van der Waals surface area contributed by atoms with Crippen molar-refractivity contribution in [2.24, 2.45) is 4.99 Å². The molecule has 0 unspecified atom stereocenters. The molecule has 0 aliphatic carbocycles. The number of hydrogen-bond acceptors (Lipinski definition) is 2. The molecule has 0 aromatic carbocycles. The standard InChI is InChI=1S/C12H18N2O/c1-2-3-4-12(15)14-8-6-10-5-7-13-11(10)9-14/h5H,2-4,6-9H2,1H3. The van der Waals surface area contributed by atoms with Gasteiger partial charge in [-0.2, -0.15) is 0 Å². The number of likely N-dealkylation sites (tertiary alicyclic amines) is 1. The Morgan fingerprint density at radius 2 is 2.47 bits per heavy atom. The second kappa shape index (κ2) is 4.60. The molecule has 2 rings (SSSR count). The van der Waals surface area contributed by atoms with Crippen molar-refractivity contribution in [3.8, 4) is 0 Å². The van der Waals surface area contributed by atoms with Crippen LogP contribution in [0.15, 0.2) is 16.6 Å². The molecule has 1 saturated heterocycles. The Morgan fingerprint density at radius 3 is 3.27 bits per heavy atom. The number of hydrogen-bond donors (Lipinski definition) is 0. The van der Waals surface area contributed by atoms with Crippen LogP contribution in [0.4, 0.5) is 0 Å². The summed E-state index contributed by atoms with van der Waals surface area (Å²) in [6.45, 7) is 4.56. The molecule has 0 aromatic heterocycles. The van der Waals surface area contributed by atoms with E-state index >= 15 is 0 Å². The second-order valence-electron chi connectivity index (χ2n) is 4.19. The third-order valence-electron chi connectivity index (χ3n) is 3.08. The lowest BCUT2D eigenvalue weighted by atomic mass is 10.0. The molecule has 2 heterocycles. The molecule has 1 amide bonds. The number of piperidine rings is 1. The predicted molar refractivity (Wildman–Crippen MR) is 61.1 cm³/mol. The minimum Gasteiger partial charge on any atom is -0.336 e. The Morgan fingerprint density at radius 1 is 1.60 bits per heavy atom. The SMILES string of the molecule is CCCCC(=O)N1CCC2=CCN=C2C1. The average molecular weight is 206 g/mol. The van der Waals surface area contributed by atoms with E-state index in [2.05, 4.69) is 18.0 Å². The molecule has 1 fully saturated rings. The van der Waals surface area contributed by atoms with Crippen LogP contribution in [0, 0.1) is 0 Å². The minimum absolute atomic E-state index is 0.297. The van der Waals surface area contributed by atoms with E-state index in [1.165, 1.54) is 5.57 Å². The highest BCUT2D eigenvalue weighted by Crippen LogP contribution is 2.19. The predicted octanol–water partition coefficient (Wildman–Crippen LogP) is 1.79. The smallest absolute Gasteiger partial charge is 0.222 e. The lowest BCUT2D eigenvalue weighted by Crippen LogP contribution is -2.40. The van der Waals surface area contributed by atoms with Crippen LogP contribution in [0.1, 0.15) is 32.6 Å². The first-order valence-electron chi connectivity index (χ1n) is 5.81. The maximum atomic E-state index is 11.8. The first-order valence-corrected chi connectivity index (χ1v) is 5.81. The second-order valence-corrected chi connectivity index (χ2v) is 4.19. The Kier molecular flexibility index (Phi) is 3.19. The number of carbonyl (C=O) groups is 1. The summed E-state index contributed by atoms with van der Waals surface area (Å²) in [6, 6.07) is 0. The maximum absolute atomic E-state index is 11.8. The highest BCUT2D eigenvalue weighted by molar-refractivity contribution is 6.05. The third-order valence-corrected chi connectivity index (χ3v) is 3.08. The Balaban J connectivity index is 1.90. The fraction of sp³-hybridized carbons (Fsp3) is 0.667. The summed E-state index contributed by atoms with van der Waals surface area (Å²) in [5.41, 5.74) is 2.51. The zero-order valence-electron chi connectivity index (χ0n) is 9.33. The van der Waals surface area contributed by atoms with Crippen molar-refractivity contribution >= 4 is 11.6 Å². The molecule has 15 heavy (non-hydrogen) atoms. The van der Waals surface area contributed by atoms with E-state index in [4.69, 9.17) is 0 Å². The van der Waals surface area contributed by atoms with E-state index in [-0.39, 0.29) is 0 Å². The summed E-state index contributed by atoms with van der Waals surface area (Å²) in [7, 11) is 0. The van der Waals surface area contributed by atoms with Crippen molar-refractivity contribution in [2.75, 3.05) is 19.6 Å². The van der Waals surface area contributed by atoms with E-state index in [1.807, 2.05) is 4.90 Å². The van der Waals surface area contributed by atoms with Gasteiger partial charge in [-0.15, -0.1) is 0 Å². The highest BCUT2D eigenvalue weighted by atomic mass is 16.2. The van der Waals surface area contributed by atoms with Gasteiger partial charge in [-0.3, -0.25) is 9.79 Å². The molecular formula is C12H18N2O. The first-order chi connectivity index (χ1) is 7.31. The van der Waals surface area contributed by atoms with Gasteiger partial charge in [0.1, 0.15) is 0 Å². The molecule has 2 aliphatic rings. The number of rotatable bonds is 3. The molecule has 3 nitrogen and oxygen atoms in total. The molecule has 82 valence electrons. The van der Waals surface area contributed by atoms with E-state index in [1.54, 1.807) is 0 Å². The Labute approximate surface area is 90.9 Å². The Hall–Kier alpha value is -1.12. The van der Waals surface area contributed by atoms with Gasteiger partial charge in [0.2, 0.25) is 5.91 Å². The van der Waals surface area contributed by atoms with Crippen LogP contribution in [0.5, 0.6) is 0 Å². The minimum atomic E-state index is 0.297. The van der Waals surface area contributed by atoms with Crippen LogP contribution in [0.2, 0.25) is 0 Å². The van der Waals surface area contributed by atoms with Crippen molar-refractivity contribution in [2.45, 2.75) is 32.6 Å². The fourth-order valence-corrected chi connectivity index (χ4v) is 2.10. The molecule has 0 bridgehead atoms. The zero-order chi connectivity index (χ0) is 10.7. The van der Waals surface area contributed by atoms with E-state index in [9.17, 15) is 4.79 Å². The summed E-state index contributed by atoms with van der Waals surface area (Å²) < 4.78 is 0. The third kappa shape index (κ3) is 2.28. The van der Waals surface area contributed by atoms with Gasteiger partial charge in [0, 0.05) is 13.0 Å². The van der Waals surface area contributed by atoms with E-state index in [0.29, 0.717) is 12.3 Å². The number of carbonyl (C=O) groups excluding carboxylic acids is 1. The molecule has 0 spiro atoms. The van der Waals surface area contributed by atoms with Gasteiger partial charge in [-0.1, -0.05) is 19.4 Å². The highest BCUT2D eigenvalue weighted by Gasteiger charge is 2.24. The quantitative estimate of drug-likeness (QED) is 0.693. The van der Waals surface area contributed by atoms with E-state index < -0.39 is 0 Å². The van der Waals surface area contributed by atoms with Crippen LogP contribution in [-0.4, -0.2) is 36.2 Å². The molecule has 3 heteroatoms. The lowest BCUT2D eigenvalue weighted by Gasteiger charge is -2.28. The normalized spacial score (nSPS) is 19.7. The average Bonchev–Trinajstić information content (AvgIpc) is 2.72. The molecule has 0 atom stereocenters. The van der Waals surface area contributed by atoms with Crippen LogP contribution >= 0.6 is 0 Å². The van der Waals surface area contributed by atoms with Crippen molar-refractivity contribution in [1.82, 2.24) is 4.90 Å². The van der Waals surface area contributed by atoms with Crippen molar-refractivity contribution in [1.29, 1.82) is 0 Å². The van der Waals surface area contributed by atoms with Crippen LogP contribution in [0.25, 0.3) is 0 Å². The zero-order valence-corrected chi connectivity index (χ0v) is 9.33. The Bertz CT molecular complexity index is 318. The van der Waals surface area contributed by atoms with Crippen molar-refractivity contribution in [3.05, 3.63) is 11.6 Å². The summed E-state index contributed by atoms with van der Waals surface area (Å²) in [6.07, 6.45) is 5.97. The van der Waals surface area contributed by atoms with Gasteiger partial charge in [-0.25, -0.2) is 0 Å². The van der Waals surface area contributed by atoms with Gasteiger partial charge in [0.05, 0.1) is 18.8 Å². The van der Waals surface area contributed by atoms with Gasteiger partial charge in [0.15, 0.2) is 0 Å². The lowest BCUT2D eigenvalue weighted by molar-refractivity contribution is -0.130. The van der Waals surface area contributed by atoms with Gasteiger partial charge in [0.25, 0.3) is 0 Å². The summed E-state index contributed by atoms with van der Waals surface area (Å²) in [5, 5.41) is 0. The first kappa shape index (κ1) is 10.4. The number of aliphatic imine (C=N–C) groups is 1. The van der Waals surface area contributed by atoms with Gasteiger partial charge in [-0.05, 0) is 18.4 Å². The van der Waals surface area contributed by atoms with Gasteiger partial charge >= 0.3 is 0 Å². The van der Waals surface area contributed by atoms with Crippen molar-refractivity contribution in [3.63, 3.8) is 0 Å². The number of fused-ring (bicyclic) bond motifs is 1. The van der Waals surface area contributed by atoms with Crippen LogP contribution in [0.3, 0.4) is 0 Å². The topological polar surface area (TPSA) is 32.7 Å². The van der Waals surface area contributed by atoms with E-state index in [0.717, 1.165) is 44.6 Å². The molecule has 2 aliphatic heterocycles. The number of amides is 1. The molecule has 0 saturated carbocycles. The molecule has 0 aromatic rings. The molecular weight excluding hydrogens is 188 g/mol. The number of nitrogens with zero attached hydrogens (tertiary/aromatic N) is 2. The molecule has 0 radical (unpaired) electrons. The van der Waals surface area contributed by atoms with Gasteiger partial charge < -0.3 is 4.90 Å². The largest absolute Gasteiger partial charge is 0.336 e. The fourth-order valence-electron chi connectivity index (χ4n) is 2.10.